The molecule has 14 heavy (non-hydrogen) atoms. The maximum Gasteiger partial charge on any atom is 0.0896 e. The van der Waals surface area contributed by atoms with Crippen LogP contribution in [0, 0.1) is 18.3 Å². The molecule has 0 saturated carbocycles. The predicted molar refractivity (Wildman–Crippen MR) is 62.6 cm³/mol. The highest BCUT2D eigenvalue weighted by Gasteiger charge is 2.27. The lowest BCUT2D eigenvalue weighted by Gasteiger charge is -2.31. The molecule has 0 bridgehead atoms. The van der Waals surface area contributed by atoms with Gasteiger partial charge in [0.25, 0.3) is 0 Å². The molecule has 2 nitrogen and oxygen atoms in total. The van der Waals surface area contributed by atoms with Crippen molar-refractivity contribution in [3.05, 3.63) is 16.1 Å². The van der Waals surface area contributed by atoms with Crippen molar-refractivity contribution in [3.63, 3.8) is 0 Å². The molecule has 3 heteroatoms. The van der Waals surface area contributed by atoms with Crippen LogP contribution in [0.15, 0.2) is 6.20 Å². The fourth-order valence-corrected chi connectivity index (χ4v) is 2.39. The maximum atomic E-state index is 5.85. The molecular formula is C11H20N2S. The largest absolute Gasteiger partial charge is 0.330 e. The van der Waals surface area contributed by atoms with Gasteiger partial charge < -0.3 is 5.73 Å². The molecule has 0 radical (unpaired) electrons. The van der Waals surface area contributed by atoms with Crippen molar-refractivity contribution >= 4 is 11.3 Å². The third-order valence-corrected chi connectivity index (χ3v) is 4.02. The first-order chi connectivity index (χ1) is 6.48. The molecule has 0 spiro atoms. The molecule has 0 aliphatic rings. The van der Waals surface area contributed by atoms with E-state index >= 15 is 0 Å². The highest BCUT2D eigenvalue weighted by atomic mass is 32.1. The van der Waals surface area contributed by atoms with Gasteiger partial charge in [-0.25, -0.2) is 4.98 Å². The average Bonchev–Trinajstić information content (AvgIpc) is 2.50. The predicted octanol–water partition coefficient (Wildman–Crippen LogP) is 2.62. The quantitative estimate of drug-likeness (QED) is 0.833. The molecule has 2 N–H and O–H groups in total. The Balaban J connectivity index is 2.75. The van der Waals surface area contributed by atoms with Crippen LogP contribution in [-0.4, -0.2) is 11.5 Å². The number of nitrogens with two attached hydrogens (primary N) is 1. The highest BCUT2D eigenvalue weighted by Crippen LogP contribution is 2.31. The summed E-state index contributed by atoms with van der Waals surface area (Å²) in [7, 11) is 0. The minimum Gasteiger partial charge on any atom is -0.330 e. The number of nitrogens with zero attached hydrogens (tertiary/aromatic N) is 1. The summed E-state index contributed by atoms with van der Waals surface area (Å²) >= 11 is 1.78. The summed E-state index contributed by atoms with van der Waals surface area (Å²) in [5, 5.41) is 1.14. The van der Waals surface area contributed by atoms with E-state index in [9.17, 15) is 0 Å². The van der Waals surface area contributed by atoms with Crippen LogP contribution in [0.5, 0.6) is 0 Å². The van der Waals surface area contributed by atoms with E-state index in [1.54, 1.807) is 11.3 Å². The van der Waals surface area contributed by atoms with Crippen LogP contribution in [0.1, 0.15) is 30.7 Å². The molecule has 0 aliphatic heterocycles. The lowest BCUT2D eigenvalue weighted by atomic mass is 9.76. The second-order valence-corrected chi connectivity index (χ2v) is 5.85. The van der Waals surface area contributed by atoms with Crippen molar-refractivity contribution in [3.8, 4) is 0 Å². The fraction of sp³-hybridized carbons (Fsp3) is 0.727. The van der Waals surface area contributed by atoms with Crippen molar-refractivity contribution in [2.45, 2.75) is 34.1 Å². The topological polar surface area (TPSA) is 38.9 Å². The van der Waals surface area contributed by atoms with E-state index in [0.717, 1.165) is 18.0 Å². The van der Waals surface area contributed by atoms with Gasteiger partial charge in [0.05, 0.1) is 5.01 Å². The second-order valence-electron chi connectivity index (χ2n) is 4.54. The van der Waals surface area contributed by atoms with Crippen LogP contribution in [0.2, 0.25) is 0 Å². The molecule has 0 amide bonds. The molecule has 0 saturated heterocycles. The number of aryl methyl sites for hydroxylation is 1. The molecule has 1 atom stereocenters. The molecule has 0 aromatic carbocycles. The zero-order valence-electron chi connectivity index (χ0n) is 9.50. The van der Waals surface area contributed by atoms with E-state index in [0.29, 0.717) is 5.92 Å². The summed E-state index contributed by atoms with van der Waals surface area (Å²) in [6, 6.07) is 0. The summed E-state index contributed by atoms with van der Waals surface area (Å²) in [6.45, 7) is 9.51. The zero-order chi connectivity index (χ0) is 10.8. The Kier molecular flexibility index (Phi) is 3.67. The molecule has 0 fully saturated rings. The first-order valence-corrected chi connectivity index (χ1v) is 5.91. The van der Waals surface area contributed by atoms with Crippen LogP contribution in [0.25, 0.3) is 0 Å². The van der Waals surface area contributed by atoms with E-state index in [2.05, 4.69) is 25.8 Å². The Morgan fingerprint density at radius 2 is 2.21 bits per heavy atom. The lowest BCUT2D eigenvalue weighted by molar-refractivity contribution is 0.229. The van der Waals surface area contributed by atoms with Gasteiger partial charge in [0.15, 0.2) is 0 Å². The van der Waals surface area contributed by atoms with Crippen molar-refractivity contribution in [1.82, 2.24) is 4.98 Å². The van der Waals surface area contributed by atoms with Crippen molar-refractivity contribution < 1.29 is 0 Å². The summed E-state index contributed by atoms with van der Waals surface area (Å²) in [5.74, 6) is 0.606. The summed E-state index contributed by atoms with van der Waals surface area (Å²) in [4.78, 5) is 5.62. The minimum absolute atomic E-state index is 0.207. The van der Waals surface area contributed by atoms with Gasteiger partial charge in [-0.15, -0.1) is 11.3 Å². The van der Waals surface area contributed by atoms with Gasteiger partial charge in [-0.3, -0.25) is 0 Å². The Hall–Kier alpha value is -0.410. The summed E-state index contributed by atoms with van der Waals surface area (Å²) in [6.07, 6.45) is 3.03. The smallest absolute Gasteiger partial charge is 0.0896 e. The third kappa shape index (κ3) is 2.55. The SMILES string of the molecule is Cc1ncc(CC(C)(CN)C(C)C)s1. The highest BCUT2D eigenvalue weighted by molar-refractivity contribution is 7.11. The number of hydrogen-bond acceptors (Lipinski definition) is 3. The molecule has 1 rings (SSSR count). The number of thiazole rings is 1. The summed E-state index contributed by atoms with van der Waals surface area (Å²) < 4.78 is 0. The number of hydrogen-bond donors (Lipinski definition) is 1. The van der Waals surface area contributed by atoms with Crippen molar-refractivity contribution in [2.24, 2.45) is 17.1 Å². The van der Waals surface area contributed by atoms with E-state index < -0.39 is 0 Å². The second kappa shape index (κ2) is 4.41. The third-order valence-electron chi connectivity index (χ3n) is 3.11. The zero-order valence-corrected chi connectivity index (χ0v) is 10.3. The number of rotatable bonds is 4. The van der Waals surface area contributed by atoms with Gasteiger partial charge in [-0.1, -0.05) is 20.8 Å². The van der Waals surface area contributed by atoms with Gasteiger partial charge in [0, 0.05) is 11.1 Å². The van der Waals surface area contributed by atoms with Crippen LogP contribution >= 0.6 is 11.3 Å². The molecule has 1 aromatic rings. The summed E-state index contributed by atoms with van der Waals surface area (Å²) in [5.41, 5.74) is 6.05. The Bertz CT molecular complexity index is 293. The molecule has 80 valence electrons. The Morgan fingerprint density at radius 3 is 2.57 bits per heavy atom. The van der Waals surface area contributed by atoms with Crippen LogP contribution in [0.4, 0.5) is 0 Å². The lowest BCUT2D eigenvalue weighted by Crippen LogP contribution is -2.34. The monoisotopic (exact) mass is 212 g/mol. The van der Waals surface area contributed by atoms with E-state index in [1.165, 1.54) is 4.88 Å². The van der Waals surface area contributed by atoms with Gasteiger partial charge in [0.1, 0.15) is 0 Å². The first kappa shape index (κ1) is 11.7. The number of aromatic nitrogens is 1. The van der Waals surface area contributed by atoms with Gasteiger partial charge in [-0.2, -0.15) is 0 Å². The van der Waals surface area contributed by atoms with Crippen LogP contribution in [0.3, 0.4) is 0 Å². The van der Waals surface area contributed by atoms with Crippen LogP contribution < -0.4 is 5.73 Å². The normalized spacial score (nSPS) is 15.9. The van der Waals surface area contributed by atoms with Gasteiger partial charge in [0.2, 0.25) is 0 Å². The maximum absolute atomic E-state index is 5.85. The average molecular weight is 212 g/mol. The molecular weight excluding hydrogens is 192 g/mol. The van der Waals surface area contributed by atoms with E-state index in [4.69, 9.17) is 5.73 Å². The molecule has 1 heterocycles. The van der Waals surface area contributed by atoms with E-state index in [-0.39, 0.29) is 5.41 Å². The molecule has 1 unspecified atom stereocenters. The van der Waals surface area contributed by atoms with Crippen molar-refractivity contribution in [1.29, 1.82) is 0 Å². The molecule has 0 aliphatic carbocycles. The fourth-order valence-electron chi connectivity index (χ4n) is 1.40. The van der Waals surface area contributed by atoms with Crippen LogP contribution in [-0.2, 0) is 6.42 Å². The molecule has 1 aromatic heterocycles. The standard InChI is InChI=1S/C11H20N2S/c1-8(2)11(4,7-12)5-10-6-13-9(3)14-10/h6,8H,5,7,12H2,1-4H3. The minimum atomic E-state index is 0.207. The van der Waals surface area contributed by atoms with Gasteiger partial charge in [-0.05, 0) is 31.2 Å². The first-order valence-electron chi connectivity index (χ1n) is 5.09. The Morgan fingerprint density at radius 1 is 1.57 bits per heavy atom. The van der Waals surface area contributed by atoms with Gasteiger partial charge >= 0.3 is 0 Å². The Labute approximate surface area is 90.6 Å². The van der Waals surface area contributed by atoms with Crippen molar-refractivity contribution in [2.75, 3.05) is 6.54 Å². The van der Waals surface area contributed by atoms with E-state index in [1.807, 2.05) is 13.1 Å².